The normalized spacial score (nSPS) is 24.7. The topological polar surface area (TPSA) is 53.4 Å². The average Bonchev–Trinajstić information content (AvgIpc) is 2.99. The maximum atomic E-state index is 9.77. The van der Waals surface area contributed by atoms with Gasteiger partial charge in [0.2, 0.25) is 0 Å². The number of hydrogen-bond donors (Lipinski definition) is 2. The fourth-order valence-corrected chi connectivity index (χ4v) is 5.35. The van der Waals surface area contributed by atoms with Crippen LogP contribution in [-0.4, -0.2) is 27.4 Å². The standard InChI is InChI=1S/C18H16N.C10H18O2.Ir/c1-12-4-5-15-6-7-17(19-18(15)11-12)16-9-13(2)8-14(3)10-16;11-8-4-2-1-3-7-5-6-9(12)10(7)8;/h4-9,11H,1-3H3;7-12H,1-6H2;/q-1;;. The van der Waals surface area contributed by atoms with E-state index < -0.39 is 0 Å². The Morgan fingerprint density at radius 1 is 0.812 bits per heavy atom. The van der Waals surface area contributed by atoms with Gasteiger partial charge in [-0.25, -0.2) is 0 Å². The molecule has 173 valence electrons. The zero-order valence-corrected chi connectivity index (χ0v) is 21.7. The van der Waals surface area contributed by atoms with Gasteiger partial charge in [0.1, 0.15) is 0 Å². The number of pyridine rings is 1. The molecule has 1 heterocycles. The van der Waals surface area contributed by atoms with Gasteiger partial charge in [-0.3, -0.25) is 4.98 Å². The first-order valence-electron chi connectivity index (χ1n) is 11.7. The fourth-order valence-electron chi connectivity index (χ4n) is 5.35. The van der Waals surface area contributed by atoms with Crippen LogP contribution in [0.5, 0.6) is 0 Å². The second kappa shape index (κ2) is 11.0. The molecule has 2 aliphatic rings. The fraction of sp³-hybridized carbons (Fsp3) is 0.464. The van der Waals surface area contributed by atoms with Crippen LogP contribution in [0.1, 0.15) is 55.2 Å². The van der Waals surface area contributed by atoms with Crippen molar-refractivity contribution in [1.29, 1.82) is 0 Å². The summed E-state index contributed by atoms with van der Waals surface area (Å²) in [7, 11) is 0. The van der Waals surface area contributed by atoms with E-state index in [2.05, 4.69) is 69.3 Å². The predicted octanol–water partition coefficient (Wildman–Crippen LogP) is 5.93. The van der Waals surface area contributed by atoms with Crippen LogP contribution in [0.2, 0.25) is 0 Å². The second-order valence-corrected chi connectivity index (χ2v) is 9.48. The van der Waals surface area contributed by atoms with Crippen molar-refractivity contribution in [2.24, 2.45) is 11.8 Å². The predicted molar refractivity (Wildman–Crippen MR) is 127 cm³/mol. The molecule has 1 radical (unpaired) electrons. The van der Waals surface area contributed by atoms with Gasteiger partial charge in [0.25, 0.3) is 0 Å². The molecular weight excluding hydrogens is 575 g/mol. The first-order valence-corrected chi connectivity index (χ1v) is 11.7. The Labute approximate surface area is 205 Å². The van der Waals surface area contributed by atoms with Crippen LogP contribution < -0.4 is 0 Å². The molecule has 3 nitrogen and oxygen atoms in total. The van der Waals surface area contributed by atoms with E-state index in [-0.39, 0.29) is 38.2 Å². The summed E-state index contributed by atoms with van der Waals surface area (Å²) < 4.78 is 0. The van der Waals surface area contributed by atoms with Crippen molar-refractivity contribution < 1.29 is 30.3 Å². The molecule has 4 unspecified atom stereocenters. The summed E-state index contributed by atoms with van der Waals surface area (Å²) in [6.07, 6.45) is 6.09. The molecule has 4 heteroatoms. The minimum absolute atomic E-state index is 0. The molecule has 0 bridgehead atoms. The number of aliphatic hydroxyl groups excluding tert-OH is 2. The molecule has 2 saturated carbocycles. The first-order chi connectivity index (χ1) is 14.9. The van der Waals surface area contributed by atoms with Crippen LogP contribution in [0.3, 0.4) is 0 Å². The Morgan fingerprint density at radius 2 is 1.53 bits per heavy atom. The van der Waals surface area contributed by atoms with Crippen molar-refractivity contribution in [2.75, 3.05) is 0 Å². The SMILES string of the molecule is Cc1[c-]c(-c2ccc3ccc(C)cc3n2)cc(C)c1.OC1CCCCC2CCC(O)C12.[Ir]. The number of rotatable bonds is 1. The minimum atomic E-state index is -0.227. The van der Waals surface area contributed by atoms with Gasteiger partial charge in [-0.2, -0.15) is 0 Å². The summed E-state index contributed by atoms with van der Waals surface area (Å²) in [6.45, 7) is 6.27. The quantitative estimate of drug-likeness (QED) is 0.337. The van der Waals surface area contributed by atoms with Crippen molar-refractivity contribution in [3.05, 3.63) is 65.2 Å². The van der Waals surface area contributed by atoms with E-state index in [1.54, 1.807) is 0 Å². The minimum Gasteiger partial charge on any atom is -0.393 e. The smallest absolute Gasteiger partial charge is 0.0597 e. The Kier molecular flexibility index (Phi) is 8.63. The summed E-state index contributed by atoms with van der Waals surface area (Å²) in [5.41, 5.74) is 6.75. The van der Waals surface area contributed by atoms with E-state index in [0.29, 0.717) is 5.92 Å². The van der Waals surface area contributed by atoms with Crippen LogP contribution in [0.4, 0.5) is 0 Å². The van der Waals surface area contributed by atoms with Crippen molar-refractivity contribution >= 4 is 10.9 Å². The summed E-state index contributed by atoms with van der Waals surface area (Å²) in [4.78, 5) is 4.76. The van der Waals surface area contributed by atoms with Crippen LogP contribution in [-0.2, 0) is 20.1 Å². The molecule has 2 fully saturated rings. The number of fused-ring (bicyclic) bond motifs is 2. The Morgan fingerprint density at radius 3 is 2.31 bits per heavy atom. The largest absolute Gasteiger partial charge is 0.393 e. The van der Waals surface area contributed by atoms with E-state index in [0.717, 1.165) is 48.0 Å². The van der Waals surface area contributed by atoms with Gasteiger partial charge >= 0.3 is 0 Å². The zero-order chi connectivity index (χ0) is 22.0. The number of aliphatic hydroxyl groups is 2. The van der Waals surface area contributed by atoms with E-state index in [9.17, 15) is 10.2 Å². The van der Waals surface area contributed by atoms with Crippen molar-refractivity contribution in [3.63, 3.8) is 0 Å². The van der Waals surface area contributed by atoms with E-state index in [1.165, 1.54) is 29.4 Å². The van der Waals surface area contributed by atoms with Gasteiger partial charge < -0.3 is 10.2 Å². The summed E-state index contributed by atoms with van der Waals surface area (Å²) in [5.74, 6) is 0.810. The van der Waals surface area contributed by atoms with Crippen LogP contribution >= 0.6 is 0 Å². The number of nitrogens with zero attached hydrogens (tertiary/aromatic N) is 1. The molecule has 2 N–H and O–H groups in total. The molecule has 2 aromatic carbocycles. The molecule has 0 saturated heterocycles. The Hall–Kier alpha value is -1.58. The molecule has 32 heavy (non-hydrogen) atoms. The van der Waals surface area contributed by atoms with Gasteiger partial charge in [-0.15, -0.1) is 34.9 Å². The van der Waals surface area contributed by atoms with Gasteiger partial charge in [0.05, 0.1) is 17.7 Å². The van der Waals surface area contributed by atoms with Crippen LogP contribution in [0.25, 0.3) is 22.2 Å². The molecular formula is C28H34IrNO2-. The molecule has 2 aliphatic carbocycles. The summed E-state index contributed by atoms with van der Waals surface area (Å²) in [5, 5.41) is 20.6. The van der Waals surface area contributed by atoms with E-state index >= 15 is 0 Å². The third-order valence-electron chi connectivity index (χ3n) is 6.86. The van der Waals surface area contributed by atoms with Gasteiger partial charge in [0, 0.05) is 26.0 Å². The molecule has 5 rings (SSSR count). The molecule has 0 amide bonds. The summed E-state index contributed by atoms with van der Waals surface area (Å²) in [6, 6.07) is 18.2. The molecule has 4 atom stereocenters. The van der Waals surface area contributed by atoms with E-state index in [4.69, 9.17) is 4.98 Å². The second-order valence-electron chi connectivity index (χ2n) is 9.48. The maximum absolute atomic E-state index is 9.77. The monoisotopic (exact) mass is 609 g/mol. The zero-order valence-electron chi connectivity index (χ0n) is 19.3. The molecule has 0 spiro atoms. The number of benzene rings is 2. The van der Waals surface area contributed by atoms with Gasteiger partial charge in [0.15, 0.2) is 0 Å². The Bertz CT molecular complexity index is 1030. The average molecular weight is 609 g/mol. The van der Waals surface area contributed by atoms with Crippen LogP contribution in [0, 0.1) is 38.7 Å². The van der Waals surface area contributed by atoms with E-state index in [1.807, 2.05) is 0 Å². The number of aromatic nitrogens is 1. The van der Waals surface area contributed by atoms with Gasteiger partial charge in [-0.1, -0.05) is 51.0 Å². The van der Waals surface area contributed by atoms with Gasteiger partial charge in [-0.05, 0) is 61.2 Å². The molecule has 3 aromatic rings. The first kappa shape index (κ1) is 25.0. The maximum Gasteiger partial charge on any atom is 0.0597 e. The number of aryl methyl sites for hydroxylation is 3. The third-order valence-corrected chi connectivity index (χ3v) is 6.86. The molecule has 1 aromatic heterocycles. The molecule has 0 aliphatic heterocycles. The summed E-state index contributed by atoms with van der Waals surface area (Å²) >= 11 is 0. The van der Waals surface area contributed by atoms with Crippen molar-refractivity contribution in [2.45, 2.75) is 71.5 Å². The van der Waals surface area contributed by atoms with Crippen LogP contribution in [0.15, 0.2) is 42.5 Å². The number of hydrogen-bond acceptors (Lipinski definition) is 3. The Balaban J connectivity index is 0.000000193. The van der Waals surface area contributed by atoms with Crippen molar-refractivity contribution in [1.82, 2.24) is 4.98 Å². The third kappa shape index (κ3) is 5.85. The van der Waals surface area contributed by atoms with Crippen molar-refractivity contribution in [3.8, 4) is 11.3 Å².